The van der Waals surface area contributed by atoms with Gasteiger partial charge in [-0.15, -0.1) is 0 Å². The maximum Gasteiger partial charge on any atom is 0.329 e. The molecule has 17 heavy (non-hydrogen) atoms. The van der Waals surface area contributed by atoms with Gasteiger partial charge >= 0.3 is 5.97 Å². The minimum Gasteiger partial charge on any atom is -0.480 e. The molecule has 0 aromatic heterocycles. The van der Waals surface area contributed by atoms with Crippen molar-refractivity contribution in [2.45, 2.75) is 32.2 Å². The molecule has 2 N–H and O–H groups in total. The SMILES string of the molecule is Cc1ccc(NC(C)(C(=O)O)C2CC2)c(F)c1. The Bertz CT molecular complexity index is 457. The molecule has 3 nitrogen and oxygen atoms in total. The van der Waals surface area contributed by atoms with Crippen LogP contribution < -0.4 is 5.32 Å². The molecule has 1 unspecified atom stereocenters. The summed E-state index contributed by atoms with van der Waals surface area (Å²) >= 11 is 0. The third kappa shape index (κ3) is 2.25. The molecule has 1 aromatic carbocycles. The van der Waals surface area contributed by atoms with Gasteiger partial charge in [-0.25, -0.2) is 9.18 Å². The second-order valence-electron chi connectivity index (χ2n) is 4.89. The Morgan fingerprint density at radius 1 is 1.53 bits per heavy atom. The Hall–Kier alpha value is -1.58. The molecule has 0 aliphatic heterocycles. The Kier molecular flexibility index (Phi) is 2.81. The second-order valence-corrected chi connectivity index (χ2v) is 4.89. The zero-order valence-corrected chi connectivity index (χ0v) is 9.96. The summed E-state index contributed by atoms with van der Waals surface area (Å²) in [6.45, 7) is 3.41. The summed E-state index contributed by atoms with van der Waals surface area (Å²) in [6.07, 6.45) is 1.76. The first-order chi connectivity index (χ1) is 7.93. The Labute approximate surface area is 99.7 Å². The minimum absolute atomic E-state index is 0.0840. The lowest BCUT2D eigenvalue weighted by molar-refractivity contribution is -0.142. The Morgan fingerprint density at radius 2 is 2.18 bits per heavy atom. The molecule has 1 aliphatic carbocycles. The summed E-state index contributed by atoms with van der Waals surface area (Å²) in [5, 5.41) is 12.1. The van der Waals surface area contributed by atoms with E-state index >= 15 is 0 Å². The molecule has 2 rings (SSSR count). The lowest BCUT2D eigenvalue weighted by atomic mass is 9.95. The number of halogens is 1. The van der Waals surface area contributed by atoms with E-state index < -0.39 is 17.3 Å². The number of rotatable bonds is 4. The van der Waals surface area contributed by atoms with Crippen molar-refractivity contribution in [3.8, 4) is 0 Å². The highest BCUT2D eigenvalue weighted by Crippen LogP contribution is 2.41. The fraction of sp³-hybridized carbons (Fsp3) is 0.462. The van der Waals surface area contributed by atoms with Crippen LogP contribution in [0.4, 0.5) is 10.1 Å². The fourth-order valence-corrected chi connectivity index (χ4v) is 1.99. The molecule has 4 heteroatoms. The van der Waals surface area contributed by atoms with Crippen LogP contribution in [0.15, 0.2) is 18.2 Å². The molecule has 92 valence electrons. The number of carbonyl (C=O) groups is 1. The predicted molar refractivity (Wildman–Crippen MR) is 63.5 cm³/mol. The van der Waals surface area contributed by atoms with Gasteiger partial charge < -0.3 is 10.4 Å². The molecule has 1 aliphatic rings. The van der Waals surface area contributed by atoms with Gasteiger partial charge in [0.2, 0.25) is 0 Å². The number of carboxylic acids is 1. The van der Waals surface area contributed by atoms with Crippen molar-refractivity contribution in [3.63, 3.8) is 0 Å². The number of carboxylic acid groups (broad SMARTS) is 1. The molecule has 1 fully saturated rings. The van der Waals surface area contributed by atoms with Crippen molar-refractivity contribution < 1.29 is 14.3 Å². The van der Waals surface area contributed by atoms with Crippen molar-refractivity contribution >= 4 is 11.7 Å². The molecule has 0 radical (unpaired) electrons. The number of hydrogen-bond acceptors (Lipinski definition) is 2. The quantitative estimate of drug-likeness (QED) is 0.846. The minimum atomic E-state index is -1.07. The number of aryl methyl sites for hydroxylation is 1. The molecular formula is C13H16FNO2. The zero-order valence-electron chi connectivity index (χ0n) is 9.96. The topological polar surface area (TPSA) is 49.3 Å². The highest BCUT2D eigenvalue weighted by Gasteiger charge is 2.47. The Morgan fingerprint density at radius 3 is 2.65 bits per heavy atom. The third-order valence-electron chi connectivity index (χ3n) is 3.36. The van der Waals surface area contributed by atoms with Gasteiger partial charge in [0.05, 0.1) is 5.69 Å². The number of aliphatic carboxylic acids is 1. The zero-order chi connectivity index (χ0) is 12.6. The summed E-state index contributed by atoms with van der Waals surface area (Å²) in [7, 11) is 0. The molecule has 0 saturated heterocycles. The lowest BCUT2D eigenvalue weighted by Gasteiger charge is -2.27. The van der Waals surface area contributed by atoms with Crippen LogP contribution in [0, 0.1) is 18.7 Å². The summed E-state index contributed by atoms with van der Waals surface area (Å²) in [5.74, 6) is -1.25. The number of anilines is 1. The van der Waals surface area contributed by atoms with Crippen molar-refractivity contribution in [2.24, 2.45) is 5.92 Å². The largest absolute Gasteiger partial charge is 0.480 e. The molecule has 0 heterocycles. The van der Waals surface area contributed by atoms with E-state index in [0.717, 1.165) is 18.4 Å². The summed E-state index contributed by atoms with van der Waals surface area (Å²) in [5.41, 5.74) is -0.000260. The van der Waals surface area contributed by atoms with E-state index in [1.54, 1.807) is 26.0 Å². The first-order valence-corrected chi connectivity index (χ1v) is 5.71. The van der Waals surface area contributed by atoms with Crippen LogP contribution in [0.2, 0.25) is 0 Å². The van der Waals surface area contributed by atoms with Gasteiger partial charge in [-0.1, -0.05) is 6.07 Å². The summed E-state index contributed by atoms with van der Waals surface area (Å²) in [4.78, 5) is 11.3. The first kappa shape index (κ1) is 11.9. The van der Waals surface area contributed by atoms with Gasteiger partial charge in [-0.3, -0.25) is 0 Å². The average molecular weight is 237 g/mol. The van der Waals surface area contributed by atoms with E-state index in [4.69, 9.17) is 0 Å². The van der Waals surface area contributed by atoms with Gasteiger partial charge in [0.25, 0.3) is 0 Å². The van der Waals surface area contributed by atoms with E-state index in [-0.39, 0.29) is 11.6 Å². The van der Waals surface area contributed by atoms with Gasteiger partial charge in [0.1, 0.15) is 11.4 Å². The number of nitrogens with one attached hydrogen (secondary N) is 1. The van der Waals surface area contributed by atoms with E-state index in [2.05, 4.69) is 5.32 Å². The lowest BCUT2D eigenvalue weighted by Crippen LogP contribution is -2.45. The Balaban J connectivity index is 2.26. The van der Waals surface area contributed by atoms with Crippen LogP contribution in [0.1, 0.15) is 25.3 Å². The highest BCUT2D eigenvalue weighted by atomic mass is 19.1. The van der Waals surface area contributed by atoms with Crippen LogP contribution in [0.5, 0.6) is 0 Å². The van der Waals surface area contributed by atoms with E-state index in [9.17, 15) is 14.3 Å². The van der Waals surface area contributed by atoms with Crippen LogP contribution in [0.3, 0.4) is 0 Å². The molecule has 0 spiro atoms. The fourth-order valence-electron chi connectivity index (χ4n) is 1.99. The highest BCUT2D eigenvalue weighted by molar-refractivity contribution is 5.83. The standard InChI is InChI=1S/C13H16FNO2/c1-8-3-6-11(10(14)7-8)15-13(2,12(16)17)9-4-5-9/h3,6-7,9,15H,4-5H2,1-2H3,(H,16,17). The van der Waals surface area contributed by atoms with Crippen LogP contribution >= 0.6 is 0 Å². The first-order valence-electron chi connectivity index (χ1n) is 5.71. The predicted octanol–water partition coefficient (Wildman–Crippen LogP) is 2.80. The van der Waals surface area contributed by atoms with Gasteiger partial charge in [0.15, 0.2) is 0 Å². The van der Waals surface area contributed by atoms with Crippen LogP contribution in [-0.4, -0.2) is 16.6 Å². The second kappa shape index (κ2) is 4.02. The van der Waals surface area contributed by atoms with Gasteiger partial charge in [-0.05, 0) is 50.3 Å². The van der Waals surface area contributed by atoms with Crippen molar-refractivity contribution in [1.29, 1.82) is 0 Å². The van der Waals surface area contributed by atoms with Gasteiger partial charge in [-0.2, -0.15) is 0 Å². The van der Waals surface area contributed by atoms with E-state index in [1.807, 2.05) is 0 Å². The maximum absolute atomic E-state index is 13.7. The van der Waals surface area contributed by atoms with E-state index in [1.165, 1.54) is 6.07 Å². The number of hydrogen-bond donors (Lipinski definition) is 2. The van der Waals surface area contributed by atoms with Crippen molar-refractivity contribution in [3.05, 3.63) is 29.6 Å². The molecule has 0 amide bonds. The normalized spacial score (nSPS) is 18.5. The van der Waals surface area contributed by atoms with Crippen molar-refractivity contribution in [2.75, 3.05) is 5.32 Å². The smallest absolute Gasteiger partial charge is 0.329 e. The molecule has 1 aromatic rings. The molecule has 1 saturated carbocycles. The maximum atomic E-state index is 13.7. The number of benzene rings is 1. The van der Waals surface area contributed by atoms with E-state index in [0.29, 0.717) is 0 Å². The van der Waals surface area contributed by atoms with Crippen molar-refractivity contribution in [1.82, 2.24) is 0 Å². The van der Waals surface area contributed by atoms with Gasteiger partial charge in [0, 0.05) is 0 Å². The molecule has 1 atom stereocenters. The van der Waals surface area contributed by atoms with Crippen LogP contribution in [-0.2, 0) is 4.79 Å². The monoisotopic (exact) mass is 237 g/mol. The van der Waals surface area contributed by atoms with Crippen LogP contribution in [0.25, 0.3) is 0 Å². The third-order valence-corrected chi connectivity index (χ3v) is 3.36. The molecule has 0 bridgehead atoms. The summed E-state index contributed by atoms with van der Waals surface area (Å²) < 4.78 is 13.7. The molecular weight excluding hydrogens is 221 g/mol. The average Bonchev–Trinajstić information content (AvgIpc) is 3.05. The summed E-state index contributed by atoms with van der Waals surface area (Å²) in [6, 6.07) is 4.76.